The molecule has 2 aromatic carbocycles. The molecule has 0 spiro atoms. The van der Waals surface area contributed by atoms with Gasteiger partial charge in [-0.3, -0.25) is 0 Å². The average Bonchev–Trinajstić information content (AvgIpc) is 3.38. The first kappa shape index (κ1) is 21.3. The maximum Gasteiger partial charge on any atom is 0.348 e. The minimum atomic E-state index is -4.28. The van der Waals surface area contributed by atoms with E-state index in [4.69, 9.17) is 0 Å². The predicted octanol–water partition coefficient (Wildman–Crippen LogP) is 1.59. The molecule has 0 saturated heterocycles. The molecule has 0 aliphatic heterocycles. The van der Waals surface area contributed by atoms with Gasteiger partial charge in [0.05, 0.1) is 23.5 Å². The third-order valence-corrected chi connectivity index (χ3v) is 6.48. The van der Waals surface area contributed by atoms with Crippen LogP contribution in [0, 0.1) is 5.82 Å². The first-order valence-corrected chi connectivity index (χ1v) is 10.5. The van der Waals surface area contributed by atoms with E-state index in [0.717, 1.165) is 27.1 Å². The molecule has 2 heterocycles. The van der Waals surface area contributed by atoms with Crippen molar-refractivity contribution in [3.63, 3.8) is 0 Å². The van der Waals surface area contributed by atoms with Crippen LogP contribution in [0.15, 0.2) is 62.9 Å². The van der Waals surface area contributed by atoms with Crippen molar-refractivity contribution >= 4 is 10.0 Å². The number of hydrogen-bond acceptors (Lipinski definition) is 8. The van der Waals surface area contributed by atoms with E-state index < -0.39 is 37.9 Å². The topological polar surface area (TPSA) is 155 Å². The van der Waals surface area contributed by atoms with Crippen LogP contribution >= 0.6 is 0 Å². The van der Waals surface area contributed by atoms with Gasteiger partial charge in [-0.2, -0.15) is 9.40 Å². The standard InChI is InChI=1S/C19H16FN5O6S/c1-24(10-11-6-7-31-23-11)32(29,30)17-8-12(15(26)9-16(17)27)18-21-22-19(28)25(18)14-5-3-2-4-13(14)20/h2-9,26-27H,10H2,1H3,(H,22,28). The molecule has 166 valence electrons. The van der Waals surface area contributed by atoms with Gasteiger partial charge in [0.2, 0.25) is 10.0 Å². The zero-order chi connectivity index (χ0) is 23.0. The maximum absolute atomic E-state index is 14.3. The lowest BCUT2D eigenvalue weighted by Crippen LogP contribution is -2.26. The molecule has 3 N–H and O–H groups in total. The molecule has 0 atom stereocenters. The highest BCUT2D eigenvalue weighted by Crippen LogP contribution is 2.37. The van der Waals surface area contributed by atoms with Gasteiger partial charge in [0.1, 0.15) is 28.5 Å². The van der Waals surface area contributed by atoms with E-state index in [1.165, 1.54) is 37.6 Å². The molecule has 4 rings (SSSR count). The highest BCUT2D eigenvalue weighted by Gasteiger charge is 2.28. The number of H-pyrrole nitrogens is 1. The largest absolute Gasteiger partial charge is 0.507 e. The summed E-state index contributed by atoms with van der Waals surface area (Å²) >= 11 is 0. The highest BCUT2D eigenvalue weighted by atomic mass is 32.2. The summed E-state index contributed by atoms with van der Waals surface area (Å²) in [4.78, 5) is 11.8. The lowest BCUT2D eigenvalue weighted by Gasteiger charge is -2.18. The number of aromatic amines is 1. The Hall–Kier alpha value is -3.97. The van der Waals surface area contributed by atoms with E-state index >= 15 is 0 Å². The van der Waals surface area contributed by atoms with E-state index in [1.54, 1.807) is 0 Å². The van der Waals surface area contributed by atoms with Crippen molar-refractivity contribution in [3.05, 3.63) is 70.7 Å². The van der Waals surface area contributed by atoms with Crippen molar-refractivity contribution in [3.8, 4) is 28.6 Å². The van der Waals surface area contributed by atoms with Crippen LogP contribution in [0.3, 0.4) is 0 Å². The number of hydrogen-bond donors (Lipinski definition) is 3. The van der Waals surface area contributed by atoms with Crippen molar-refractivity contribution in [1.82, 2.24) is 24.2 Å². The number of para-hydroxylation sites is 1. The number of nitrogens with zero attached hydrogens (tertiary/aromatic N) is 4. The number of aromatic nitrogens is 4. The Morgan fingerprint density at radius 1 is 1.19 bits per heavy atom. The third kappa shape index (κ3) is 3.63. The van der Waals surface area contributed by atoms with Gasteiger partial charge < -0.3 is 14.7 Å². The molecule has 0 radical (unpaired) electrons. The fourth-order valence-corrected chi connectivity index (χ4v) is 4.31. The van der Waals surface area contributed by atoms with Gasteiger partial charge in [-0.25, -0.2) is 27.3 Å². The minimum absolute atomic E-state index is 0.156. The molecule has 0 fully saturated rings. The molecule has 11 nitrogen and oxygen atoms in total. The first-order chi connectivity index (χ1) is 15.2. The van der Waals surface area contributed by atoms with Gasteiger partial charge in [-0.05, 0) is 18.2 Å². The van der Waals surface area contributed by atoms with Crippen LogP contribution in [0.5, 0.6) is 11.5 Å². The number of halogens is 1. The Kier molecular flexibility index (Phi) is 5.28. The molecule has 0 amide bonds. The Bertz CT molecular complexity index is 1450. The van der Waals surface area contributed by atoms with E-state index in [1.807, 2.05) is 0 Å². The predicted molar refractivity (Wildman–Crippen MR) is 108 cm³/mol. The molecule has 0 aliphatic rings. The summed E-state index contributed by atoms with van der Waals surface area (Å²) in [7, 11) is -3.02. The third-order valence-electron chi connectivity index (χ3n) is 4.65. The van der Waals surface area contributed by atoms with E-state index in [2.05, 4.69) is 19.9 Å². The van der Waals surface area contributed by atoms with Crippen molar-refractivity contribution in [2.24, 2.45) is 0 Å². The summed E-state index contributed by atoms with van der Waals surface area (Å²) in [5.41, 5.74) is -0.875. The quantitative estimate of drug-likeness (QED) is 0.391. The smallest absolute Gasteiger partial charge is 0.348 e. The van der Waals surface area contributed by atoms with Crippen LogP contribution in [0.2, 0.25) is 0 Å². The number of rotatable bonds is 6. The van der Waals surface area contributed by atoms with Crippen LogP contribution in [-0.4, -0.2) is 49.9 Å². The van der Waals surface area contributed by atoms with Gasteiger partial charge in [-0.15, -0.1) is 0 Å². The number of aromatic hydroxyl groups is 2. The summed E-state index contributed by atoms with van der Waals surface area (Å²) in [5, 5.41) is 30.2. The number of benzene rings is 2. The molecule has 0 saturated carbocycles. The first-order valence-electron chi connectivity index (χ1n) is 9.04. The van der Waals surface area contributed by atoms with Gasteiger partial charge in [0.15, 0.2) is 5.82 Å². The van der Waals surface area contributed by atoms with Crippen molar-refractivity contribution in [1.29, 1.82) is 0 Å². The maximum atomic E-state index is 14.3. The second-order valence-electron chi connectivity index (χ2n) is 6.73. The monoisotopic (exact) mass is 461 g/mol. The van der Waals surface area contributed by atoms with E-state index in [0.29, 0.717) is 5.69 Å². The normalized spacial score (nSPS) is 11.8. The van der Waals surface area contributed by atoms with Crippen molar-refractivity contribution < 1.29 is 27.5 Å². The molecule has 4 aromatic rings. The molecule has 13 heteroatoms. The molecular formula is C19H16FN5O6S. The molecule has 0 unspecified atom stereocenters. The lowest BCUT2D eigenvalue weighted by atomic mass is 10.1. The molecule has 32 heavy (non-hydrogen) atoms. The lowest BCUT2D eigenvalue weighted by molar-refractivity contribution is 0.392. The number of nitrogens with one attached hydrogen (secondary N) is 1. The van der Waals surface area contributed by atoms with Gasteiger partial charge in [0.25, 0.3) is 0 Å². The number of phenols is 2. The van der Waals surface area contributed by atoms with Gasteiger partial charge in [0, 0.05) is 19.2 Å². The minimum Gasteiger partial charge on any atom is -0.507 e. The SMILES string of the molecule is CN(Cc1ccon1)S(=O)(=O)c1cc(-c2n[nH]c(=O)n2-c2ccccc2F)c(O)cc1O. The summed E-state index contributed by atoms with van der Waals surface area (Å²) in [6.45, 7) is -0.156. The second kappa shape index (κ2) is 7.94. The average molecular weight is 461 g/mol. The van der Waals surface area contributed by atoms with E-state index in [-0.39, 0.29) is 23.6 Å². The second-order valence-corrected chi connectivity index (χ2v) is 8.74. The summed E-state index contributed by atoms with van der Waals surface area (Å²) in [5.74, 6) is -2.30. The fourth-order valence-electron chi connectivity index (χ4n) is 3.08. The number of sulfonamides is 1. The van der Waals surface area contributed by atoms with Crippen LogP contribution in [0.1, 0.15) is 5.69 Å². The molecular weight excluding hydrogens is 445 g/mol. The number of phenolic OH excluding ortho intramolecular Hbond substituents is 2. The van der Waals surface area contributed by atoms with Crippen molar-refractivity contribution in [2.75, 3.05) is 7.05 Å². The molecule has 2 aromatic heterocycles. The Labute approximate surface area is 180 Å². The Morgan fingerprint density at radius 3 is 2.62 bits per heavy atom. The summed E-state index contributed by atoms with van der Waals surface area (Å²) in [6, 6.07) is 8.60. The zero-order valence-electron chi connectivity index (χ0n) is 16.4. The van der Waals surface area contributed by atoms with Crippen molar-refractivity contribution in [2.45, 2.75) is 11.4 Å². The Morgan fingerprint density at radius 2 is 1.94 bits per heavy atom. The summed E-state index contributed by atoms with van der Waals surface area (Å²) in [6.07, 6.45) is 1.28. The zero-order valence-corrected chi connectivity index (χ0v) is 17.2. The highest BCUT2D eigenvalue weighted by molar-refractivity contribution is 7.89. The molecule has 0 bridgehead atoms. The van der Waals surface area contributed by atoms with Crippen LogP contribution < -0.4 is 5.69 Å². The fraction of sp³-hybridized carbons (Fsp3) is 0.105. The van der Waals surface area contributed by atoms with Gasteiger partial charge >= 0.3 is 5.69 Å². The Balaban J connectivity index is 1.85. The van der Waals surface area contributed by atoms with Gasteiger partial charge in [-0.1, -0.05) is 17.3 Å². The van der Waals surface area contributed by atoms with E-state index in [9.17, 15) is 27.8 Å². The molecule has 0 aliphatic carbocycles. The summed E-state index contributed by atoms with van der Waals surface area (Å²) < 4.78 is 46.9. The van der Waals surface area contributed by atoms with Crippen LogP contribution in [0.4, 0.5) is 4.39 Å². The van der Waals surface area contributed by atoms with Crippen LogP contribution in [0.25, 0.3) is 17.1 Å². The van der Waals surface area contributed by atoms with Crippen LogP contribution in [-0.2, 0) is 16.6 Å².